The first kappa shape index (κ1) is 70.2. The molecule has 0 atom stereocenters. The fourth-order valence-corrected chi connectivity index (χ4v) is 21.0. The molecule has 0 aromatic heterocycles. The minimum atomic E-state index is -6.00. The third-order valence-electron chi connectivity index (χ3n) is 13.5. The standard InChI is InChI=1S/2C30H32N2O2P2.C2H3N.2BF4.Ni/c2*1-33-27-17-13-25(14-18-27)31-21-35(29-9-5-3-6-10-29)23-32(26-15-19-28(34-2)20-16-26)24-36(22-31)30-11-7-4-8-12-30;1-2-3;2*2-1(3,4)5;/h2*3-20H,21-24H2,1-2H3;1H3;;;/q;;;2*-1;+2/p+4. The van der Waals surface area contributed by atoms with Gasteiger partial charge < -0.3 is 73.1 Å². The summed E-state index contributed by atoms with van der Waals surface area (Å²) in [6.07, 6.45) is 8.51. The normalized spacial score (nSPS) is 16.8. The van der Waals surface area contributed by atoms with Crippen molar-refractivity contribution in [3.8, 4) is 29.1 Å². The van der Waals surface area contributed by atoms with Crippen molar-refractivity contribution < 1.29 is 70.0 Å². The van der Waals surface area contributed by atoms with Gasteiger partial charge in [0.15, 0.2) is 0 Å². The first-order valence-electron chi connectivity index (χ1n) is 27.1. The van der Waals surface area contributed by atoms with E-state index in [2.05, 4.69) is 238 Å². The average molecular weight is 1310 g/mol. The average Bonchev–Trinajstić information content (AvgIpc) is 3.64. The number of hydrogen-bond acceptors (Lipinski definition) is 9. The number of halogens is 8. The molecule has 0 radical (unpaired) electrons. The molecule has 0 unspecified atom stereocenters. The third kappa shape index (κ3) is 24.0. The summed E-state index contributed by atoms with van der Waals surface area (Å²) < 4.78 is 99.8. The minimum absolute atomic E-state index is 0. The van der Waals surface area contributed by atoms with Gasteiger partial charge in [-0.25, -0.2) is 0 Å². The fourth-order valence-electron chi connectivity index (χ4n) is 9.59. The predicted octanol–water partition coefficient (Wildman–Crippen LogP) is 15.0. The first-order chi connectivity index (χ1) is 40.9. The molecule has 2 saturated heterocycles. The Bertz CT molecular complexity index is 2760. The molecule has 2 fully saturated rings. The van der Waals surface area contributed by atoms with Crippen LogP contribution in [0.4, 0.5) is 57.3 Å². The van der Waals surface area contributed by atoms with Crippen molar-refractivity contribution in [3.05, 3.63) is 218 Å². The monoisotopic (exact) mass is 1310 g/mol. The number of nitriles is 1. The Morgan fingerprint density at radius 1 is 0.314 bits per heavy atom. The van der Waals surface area contributed by atoms with Gasteiger partial charge in [-0.05, 0) is 146 Å². The summed E-state index contributed by atoms with van der Waals surface area (Å²) in [5.74, 6) is 3.61. The van der Waals surface area contributed by atoms with E-state index in [1.165, 1.54) is 50.9 Å². The van der Waals surface area contributed by atoms with E-state index in [0.29, 0.717) is 0 Å². The van der Waals surface area contributed by atoms with Crippen molar-refractivity contribution in [2.75, 3.05) is 98.3 Å². The van der Waals surface area contributed by atoms with Crippen molar-refractivity contribution in [1.82, 2.24) is 0 Å². The number of ether oxygens (including phenoxy) is 4. The molecule has 2 aliphatic heterocycles. The van der Waals surface area contributed by atoms with E-state index in [-0.39, 0.29) is 16.5 Å². The molecule has 0 bridgehead atoms. The van der Waals surface area contributed by atoms with Crippen LogP contribution < -0.4 is 59.8 Å². The molecule has 86 heavy (non-hydrogen) atoms. The summed E-state index contributed by atoms with van der Waals surface area (Å²) in [5, 5.41) is 13.2. The van der Waals surface area contributed by atoms with Gasteiger partial charge in [0.05, 0.1) is 87.4 Å². The van der Waals surface area contributed by atoms with Crippen LogP contribution in [0.25, 0.3) is 0 Å². The van der Waals surface area contributed by atoms with E-state index in [1.54, 1.807) is 34.5 Å². The molecule has 24 heteroatoms. The molecule has 2 heterocycles. The summed E-state index contributed by atoms with van der Waals surface area (Å²) in [5.41, 5.74) is 5.13. The van der Waals surface area contributed by atoms with Gasteiger partial charge in [-0.2, -0.15) is 5.26 Å². The Morgan fingerprint density at radius 2 is 0.453 bits per heavy atom. The van der Waals surface area contributed by atoms with Crippen LogP contribution in [-0.2, 0) is 16.5 Å². The number of rotatable bonds is 12. The zero-order valence-electron chi connectivity index (χ0n) is 48.3. The molecule has 10 rings (SSSR count). The largest absolute Gasteiger partial charge is 2.00 e. The Hall–Kier alpha value is -6.57. The molecule has 0 saturated carbocycles. The molecule has 0 N–H and O–H groups in total. The van der Waals surface area contributed by atoms with E-state index in [9.17, 15) is 34.5 Å². The summed E-state index contributed by atoms with van der Waals surface area (Å²) in [7, 11) is -8.71. The summed E-state index contributed by atoms with van der Waals surface area (Å²) in [6.45, 7) is 1.43. The van der Waals surface area contributed by atoms with Crippen molar-refractivity contribution in [2.45, 2.75) is 6.92 Å². The Balaban J connectivity index is 0.000000258. The van der Waals surface area contributed by atoms with Gasteiger partial charge in [0.1, 0.15) is 73.3 Å². The van der Waals surface area contributed by atoms with Gasteiger partial charge in [-0.1, -0.05) is 72.8 Å². The maximum atomic E-state index is 9.75. The molecule has 2 aliphatic rings. The molecule has 0 amide bonds. The van der Waals surface area contributed by atoms with Gasteiger partial charge in [0.25, 0.3) is 0 Å². The number of methoxy groups -OCH3 is 4. The topological polar surface area (TPSA) is 73.7 Å². The summed E-state index contributed by atoms with van der Waals surface area (Å²) in [4.78, 5) is 10.6. The Morgan fingerprint density at radius 3 is 0.581 bits per heavy atom. The number of hydrogen-bond donors (Lipinski definition) is 0. The predicted molar refractivity (Wildman–Crippen MR) is 350 cm³/mol. The van der Waals surface area contributed by atoms with Gasteiger partial charge in [-0.3, -0.25) is 0 Å². The van der Waals surface area contributed by atoms with Gasteiger partial charge in [0, 0.05) is 29.7 Å². The van der Waals surface area contributed by atoms with Crippen LogP contribution in [0.5, 0.6) is 23.0 Å². The van der Waals surface area contributed by atoms with Crippen LogP contribution in [0, 0.1) is 11.3 Å². The second-order valence-electron chi connectivity index (χ2n) is 19.3. The van der Waals surface area contributed by atoms with E-state index in [0.717, 1.165) is 73.3 Å². The number of benzene rings is 8. The molecular formula is C62H71B2F8N5NiO4P4+4. The van der Waals surface area contributed by atoms with Crippen molar-refractivity contribution in [2.24, 2.45) is 0 Å². The van der Waals surface area contributed by atoms with Gasteiger partial charge in [-0.15, -0.1) is 0 Å². The number of anilines is 4. The van der Waals surface area contributed by atoms with Crippen molar-refractivity contribution in [1.29, 1.82) is 5.26 Å². The van der Waals surface area contributed by atoms with Crippen LogP contribution in [0.1, 0.15) is 6.92 Å². The molecule has 0 aliphatic carbocycles. The van der Waals surface area contributed by atoms with Crippen LogP contribution in [-0.4, -0.2) is 93.2 Å². The van der Waals surface area contributed by atoms with Crippen molar-refractivity contribution in [3.63, 3.8) is 0 Å². The quantitative estimate of drug-likeness (QED) is 0.0676. The molecule has 9 nitrogen and oxygen atoms in total. The maximum Gasteiger partial charge on any atom is 2.00 e. The summed E-state index contributed by atoms with van der Waals surface area (Å²) >= 11 is 0. The smallest absolute Gasteiger partial charge is 0.497 e. The molecule has 8 aromatic carbocycles. The van der Waals surface area contributed by atoms with E-state index in [4.69, 9.17) is 24.2 Å². The summed E-state index contributed by atoms with van der Waals surface area (Å²) in [6, 6.07) is 80.6. The van der Waals surface area contributed by atoms with Crippen LogP contribution in [0.15, 0.2) is 218 Å². The minimum Gasteiger partial charge on any atom is -0.497 e. The first-order valence-corrected chi connectivity index (χ1v) is 34.8. The maximum absolute atomic E-state index is 9.75. The molecule has 456 valence electrons. The fraction of sp³-hybridized carbons (Fsp3) is 0.210. The molecule has 0 spiro atoms. The van der Waals surface area contributed by atoms with Crippen molar-refractivity contribution >= 4 is 90.2 Å². The van der Waals surface area contributed by atoms with Crippen LogP contribution in [0.2, 0.25) is 0 Å². The van der Waals surface area contributed by atoms with Gasteiger partial charge >= 0.3 is 31.0 Å². The zero-order chi connectivity index (χ0) is 61.2. The SMILES string of the molecule is CC#N.COc1ccc(N2C[PH+](c3ccccc3)CN(c3ccc(OC)cc3)C[PH+](c3ccccc3)C2)cc1.COc1ccc(N2C[PH+](c3ccccc3)CN(c3ccc(OC)cc3)C[PH+](c3ccccc3)C2)cc1.F[B-](F)(F)F.F[B-](F)(F)F.[Ni+2]. The second-order valence-corrected chi connectivity index (χ2v) is 29.0. The molecule has 8 aromatic rings. The second kappa shape index (κ2) is 35.9. The van der Waals surface area contributed by atoms with Gasteiger partial charge in [0.2, 0.25) is 0 Å². The third-order valence-corrected chi connectivity index (χ3v) is 24.2. The van der Waals surface area contributed by atoms with E-state index < -0.39 is 46.2 Å². The van der Waals surface area contributed by atoms with Crippen LogP contribution in [0.3, 0.4) is 0 Å². The van der Waals surface area contributed by atoms with E-state index in [1.807, 2.05) is 0 Å². The number of nitrogens with zero attached hydrogens (tertiary/aromatic N) is 5. The molecular weight excluding hydrogens is 1230 g/mol. The van der Waals surface area contributed by atoms with E-state index >= 15 is 0 Å². The Kier molecular flexibility index (Phi) is 29.3. The van der Waals surface area contributed by atoms with Crippen LogP contribution >= 0.6 is 31.7 Å². The zero-order valence-corrected chi connectivity index (χ0v) is 53.3. The Labute approximate surface area is 515 Å².